The second-order valence-corrected chi connectivity index (χ2v) is 12.5. The number of hydrogen-bond donors (Lipinski definition) is 1. The summed E-state index contributed by atoms with van der Waals surface area (Å²) in [5.41, 5.74) is 3.76. The van der Waals surface area contributed by atoms with Gasteiger partial charge in [-0.15, -0.1) is 0 Å². The van der Waals surface area contributed by atoms with Gasteiger partial charge in [0.15, 0.2) is 0 Å². The van der Waals surface area contributed by atoms with Gasteiger partial charge in [0.1, 0.15) is 17.2 Å². The van der Waals surface area contributed by atoms with Crippen molar-refractivity contribution in [1.29, 1.82) is 0 Å². The first-order valence-electron chi connectivity index (χ1n) is 14.9. The number of rotatable bonds is 9. The van der Waals surface area contributed by atoms with Crippen molar-refractivity contribution in [3.05, 3.63) is 130 Å². The Morgan fingerprint density at radius 1 is 0.837 bits per heavy atom. The monoisotopic (exact) mass is 635 g/mol. The van der Waals surface area contributed by atoms with Crippen molar-refractivity contribution in [2.75, 3.05) is 56.6 Å². The zero-order chi connectivity index (χ0) is 29.8. The number of hydrogen-bond acceptors (Lipinski definition) is 6. The van der Waals surface area contributed by atoms with Crippen LogP contribution >= 0.6 is 15.9 Å². The molecule has 0 saturated carbocycles. The first-order valence-corrected chi connectivity index (χ1v) is 15.7. The van der Waals surface area contributed by atoms with Crippen LogP contribution in [-0.4, -0.2) is 66.8 Å². The van der Waals surface area contributed by atoms with Crippen LogP contribution in [0.5, 0.6) is 0 Å². The maximum atomic E-state index is 12.6. The van der Waals surface area contributed by atoms with E-state index in [1.807, 2.05) is 62.8 Å². The van der Waals surface area contributed by atoms with Gasteiger partial charge < -0.3 is 19.8 Å². The SMILES string of the molecule is CN(C)CCC(O)(c1ccccc1)c1cc(Br)cc2cc(Cc3ccccc3)c(N3CCN(c4ccccn4)CC3)nc12. The van der Waals surface area contributed by atoms with Crippen LogP contribution in [0.2, 0.25) is 0 Å². The molecule has 0 bridgehead atoms. The lowest BCUT2D eigenvalue weighted by Gasteiger charge is -2.37. The molecule has 1 N–H and O–H groups in total. The summed E-state index contributed by atoms with van der Waals surface area (Å²) in [4.78, 5) is 16.9. The van der Waals surface area contributed by atoms with E-state index in [2.05, 4.69) is 90.2 Å². The van der Waals surface area contributed by atoms with Crippen molar-refractivity contribution in [1.82, 2.24) is 14.9 Å². The minimum atomic E-state index is -1.21. The standard InChI is InChI=1S/C36H38BrN5O/c1-40(2)18-16-36(43,30-13-7-4-8-14-30)32-26-31(37)25-28-24-29(23-27-11-5-3-6-12-27)35(39-34(28)32)42-21-19-41(20-22-42)33-15-9-10-17-38-33/h3-15,17,24-26,43H,16,18-23H2,1-2H3. The molecular formula is C36H38BrN5O. The summed E-state index contributed by atoms with van der Waals surface area (Å²) >= 11 is 3.77. The molecule has 1 atom stereocenters. The smallest absolute Gasteiger partial charge is 0.132 e. The molecule has 0 amide bonds. The van der Waals surface area contributed by atoms with Crippen LogP contribution in [0.1, 0.15) is 28.7 Å². The highest BCUT2D eigenvalue weighted by atomic mass is 79.9. The topological polar surface area (TPSA) is 55.7 Å². The summed E-state index contributed by atoms with van der Waals surface area (Å²) in [6, 6.07) is 33.1. The third-order valence-corrected chi connectivity index (χ3v) is 8.80. The molecule has 1 aliphatic rings. The van der Waals surface area contributed by atoms with Crippen LogP contribution in [-0.2, 0) is 12.0 Å². The van der Waals surface area contributed by atoms with E-state index in [1.165, 1.54) is 11.1 Å². The number of benzene rings is 3. The minimum Gasteiger partial charge on any atom is -0.380 e. The van der Waals surface area contributed by atoms with Gasteiger partial charge in [-0.1, -0.05) is 82.7 Å². The number of aromatic nitrogens is 2. The van der Waals surface area contributed by atoms with E-state index in [1.54, 1.807) is 0 Å². The summed E-state index contributed by atoms with van der Waals surface area (Å²) in [5, 5.41) is 13.6. The molecule has 1 aliphatic heterocycles. The highest BCUT2D eigenvalue weighted by molar-refractivity contribution is 9.10. The van der Waals surface area contributed by atoms with Gasteiger partial charge in [-0.05, 0) is 67.5 Å². The Hall–Kier alpha value is -3.78. The first-order chi connectivity index (χ1) is 20.9. The number of nitrogens with zero attached hydrogens (tertiary/aromatic N) is 5. The van der Waals surface area contributed by atoms with Crippen molar-refractivity contribution >= 4 is 38.5 Å². The average molecular weight is 637 g/mol. The van der Waals surface area contributed by atoms with E-state index in [-0.39, 0.29) is 0 Å². The fourth-order valence-electron chi connectivity index (χ4n) is 6.04. The molecule has 2 aromatic heterocycles. The van der Waals surface area contributed by atoms with E-state index < -0.39 is 5.60 Å². The molecule has 1 unspecified atom stereocenters. The van der Waals surface area contributed by atoms with Crippen LogP contribution in [0, 0.1) is 0 Å². The highest BCUT2D eigenvalue weighted by Crippen LogP contribution is 2.40. The van der Waals surface area contributed by atoms with E-state index in [9.17, 15) is 5.11 Å². The zero-order valence-corrected chi connectivity index (χ0v) is 26.4. The molecule has 1 fully saturated rings. The number of pyridine rings is 2. The summed E-state index contributed by atoms with van der Waals surface area (Å²) in [6.07, 6.45) is 3.18. The number of fused-ring (bicyclic) bond motifs is 1. The van der Waals surface area contributed by atoms with Gasteiger partial charge in [0.2, 0.25) is 0 Å². The summed E-state index contributed by atoms with van der Waals surface area (Å²) < 4.78 is 0.929. The first kappa shape index (κ1) is 29.3. The van der Waals surface area contributed by atoms with Crippen molar-refractivity contribution < 1.29 is 5.11 Å². The third-order valence-electron chi connectivity index (χ3n) is 8.35. The molecule has 0 radical (unpaired) electrons. The van der Waals surface area contributed by atoms with Gasteiger partial charge in [0, 0.05) is 60.8 Å². The van der Waals surface area contributed by atoms with Crippen LogP contribution in [0.4, 0.5) is 11.6 Å². The predicted molar refractivity (Wildman–Crippen MR) is 180 cm³/mol. The van der Waals surface area contributed by atoms with Crippen LogP contribution < -0.4 is 9.80 Å². The van der Waals surface area contributed by atoms with Gasteiger partial charge >= 0.3 is 0 Å². The molecule has 5 aromatic rings. The molecule has 1 saturated heterocycles. The second-order valence-electron chi connectivity index (χ2n) is 11.6. The van der Waals surface area contributed by atoms with Gasteiger partial charge in [0.05, 0.1) is 5.52 Å². The van der Waals surface area contributed by atoms with Crippen molar-refractivity contribution in [2.45, 2.75) is 18.4 Å². The largest absolute Gasteiger partial charge is 0.380 e. The number of piperazine rings is 1. The molecular weight excluding hydrogens is 598 g/mol. The Morgan fingerprint density at radius 3 is 2.19 bits per heavy atom. The van der Waals surface area contributed by atoms with E-state index in [0.29, 0.717) is 6.42 Å². The molecule has 6 nitrogen and oxygen atoms in total. The van der Waals surface area contributed by atoms with Gasteiger partial charge in [0.25, 0.3) is 0 Å². The Bertz CT molecular complexity index is 1660. The van der Waals surface area contributed by atoms with E-state index in [4.69, 9.17) is 4.98 Å². The van der Waals surface area contributed by atoms with Crippen LogP contribution in [0.3, 0.4) is 0 Å². The maximum Gasteiger partial charge on any atom is 0.132 e. The number of aliphatic hydroxyl groups is 1. The molecule has 7 heteroatoms. The van der Waals surface area contributed by atoms with Gasteiger partial charge in [-0.3, -0.25) is 0 Å². The molecule has 0 spiro atoms. The summed E-state index contributed by atoms with van der Waals surface area (Å²) in [7, 11) is 4.09. The fraction of sp³-hybridized carbons (Fsp3) is 0.278. The lowest BCUT2D eigenvalue weighted by Crippen LogP contribution is -2.47. The number of anilines is 2. The second kappa shape index (κ2) is 12.8. The Balaban J connectivity index is 1.47. The maximum absolute atomic E-state index is 12.6. The van der Waals surface area contributed by atoms with Gasteiger partial charge in [-0.2, -0.15) is 0 Å². The minimum absolute atomic E-state index is 0.543. The summed E-state index contributed by atoms with van der Waals surface area (Å²) in [5.74, 6) is 2.00. The zero-order valence-electron chi connectivity index (χ0n) is 24.8. The van der Waals surface area contributed by atoms with E-state index in [0.717, 1.165) is 77.3 Å². The predicted octanol–water partition coefficient (Wildman–Crippen LogP) is 6.50. The van der Waals surface area contributed by atoms with Crippen molar-refractivity contribution in [3.8, 4) is 0 Å². The van der Waals surface area contributed by atoms with Crippen LogP contribution in [0.25, 0.3) is 10.9 Å². The Kier molecular flexibility index (Phi) is 8.75. The fourth-order valence-corrected chi connectivity index (χ4v) is 6.52. The Labute approximate surface area is 262 Å². The van der Waals surface area contributed by atoms with Crippen molar-refractivity contribution in [2.24, 2.45) is 0 Å². The Morgan fingerprint density at radius 2 is 1.51 bits per heavy atom. The molecule has 43 heavy (non-hydrogen) atoms. The molecule has 3 aromatic carbocycles. The third kappa shape index (κ3) is 6.44. The average Bonchev–Trinajstić information content (AvgIpc) is 3.04. The molecule has 3 heterocycles. The number of halogens is 1. The lowest BCUT2D eigenvalue weighted by molar-refractivity contribution is 0.0641. The quantitative estimate of drug-likeness (QED) is 0.200. The molecule has 6 rings (SSSR count). The lowest BCUT2D eigenvalue weighted by atomic mass is 9.82. The normalized spacial score (nSPS) is 15.2. The summed E-state index contributed by atoms with van der Waals surface area (Å²) in [6.45, 7) is 4.14. The molecule has 0 aliphatic carbocycles. The van der Waals surface area contributed by atoms with E-state index >= 15 is 0 Å². The van der Waals surface area contributed by atoms with Gasteiger partial charge in [-0.25, -0.2) is 9.97 Å². The molecule has 220 valence electrons. The van der Waals surface area contributed by atoms with Crippen molar-refractivity contribution in [3.63, 3.8) is 0 Å². The highest BCUT2D eigenvalue weighted by Gasteiger charge is 2.35. The van der Waals surface area contributed by atoms with Crippen LogP contribution in [0.15, 0.2) is 108 Å².